The lowest BCUT2D eigenvalue weighted by Crippen LogP contribution is -2.39. The second kappa shape index (κ2) is 7.40. The quantitative estimate of drug-likeness (QED) is 0.724. The highest BCUT2D eigenvalue weighted by Gasteiger charge is 2.27. The summed E-state index contributed by atoms with van der Waals surface area (Å²) in [7, 11) is 1.79. The van der Waals surface area contributed by atoms with Crippen LogP contribution >= 0.6 is 0 Å². The molecule has 2 aromatic heterocycles. The van der Waals surface area contributed by atoms with Crippen molar-refractivity contribution in [3.8, 4) is 17.1 Å². The first-order chi connectivity index (χ1) is 12.8. The molecule has 0 fully saturated rings. The highest BCUT2D eigenvalue weighted by Crippen LogP contribution is 2.27. The zero-order chi connectivity index (χ0) is 19.6. The molecule has 0 aliphatic rings. The van der Waals surface area contributed by atoms with Crippen molar-refractivity contribution in [2.75, 3.05) is 20.1 Å². The van der Waals surface area contributed by atoms with Crippen LogP contribution in [0.3, 0.4) is 0 Å². The topological polar surface area (TPSA) is 77.3 Å². The van der Waals surface area contributed by atoms with Gasteiger partial charge in [-0.1, -0.05) is 32.0 Å². The van der Waals surface area contributed by atoms with Crippen molar-refractivity contribution in [3.05, 3.63) is 60.0 Å². The third-order valence-corrected chi connectivity index (χ3v) is 4.50. The fraction of sp³-hybridized carbons (Fsp3) is 0.333. The summed E-state index contributed by atoms with van der Waals surface area (Å²) in [6.45, 7) is 7.00. The van der Waals surface area contributed by atoms with Gasteiger partial charge in [0.15, 0.2) is 5.76 Å². The number of benzene rings is 1. The lowest BCUT2D eigenvalue weighted by Gasteiger charge is -2.28. The summed E-state index contributed by atoms with van der Waals surface area (Å²) in [5.74, 6) is 1.25. The number of hydrogen-bond acceptors (Lipinski definition) is 4. The van der Waals surface area contributed by atoms with Gasteiger partial charge in [0.1, 0.15) is 11.5 Å². The Morgan fingerprint density at radius 1 is 1.22 bits per heavy atom. The molecule has 0 saturated carbocycles. The lowest BCUT2D eigenvalue weighted by molar-refractivity contribution is 0.0741. The van der Waals surface area contributed by atoms with Crippen LogP contribution in [0.5, 0.6) is 0 Å². The van der Waals surface area contributed by atoms with Gasteiger partial charge in [-0.05, 0) is 43.1 Å². The van der Waals surface area contributed by atoms with E-state index in [4.69, 9.17) is 10.2 Å². The molecule has 3 rings (SSSR count). The first-order valence-corrected chi connectivity index (χ1v) is 8.98. The molecular weight excluding hydrogens is 340 g/mol. The molecule has 0 saturated heterocycles. The van der Waals surface area contributed by atoms with Crippen molar-refractivity contribution in [2.45, 2.75) is 20.8 Å². The second-order valence-electron chi connectivity index (χ2n) is 7.61. The van der Waals surface area contributed by atoms with Gasteiger partial charge in [0.05, 0.1) is 11.3 Å². The van der Waals surface area contributed by atoms with Gasteiger partial charge >= 0.3 is 0 Å². The van der Waals surface area contributed by atoms with Crippen LogP contribution in [0.4, 0.5) is 0 Å². The van der Waals surface area contributed by atoms with E-state index in [0.29, 0.717) is 30.1 Å². The van der Waals surface area contributed by atoms with Crippen LogP contribution < -0.4 is 5.73 Å². The van der Waals surface area contributed by atoms with Crippen LogP contribution in [-0.2, 0) is 0 Å². The Bertz CT molecular complexity index is 925. The van der Waals surface area contributed by atoms with E-state index in [1.54, 1.807) is 22.8 Å². The van der Waals surface area contributed by atoms with Gasteiger partial charge in [-0.25, -0.2) is 4.68 Å². The van der Waals surface area contributed by atoms with E-state index in [1.807, 2.05) is 63.2 Å². The molecule has 1 aromatic carbocycles. The summed E-state index contributed by atoms with van der Waals surface area (Å²) in [6.07, 6.45) is 1.76. The molecule has 142 valence electrons. The number of para-hydroxylation sites is 1. The van der Waals surface area contributed by atoms with Crippen LogP contribution in [-0.4, -0.2) is 40.7 Å². The minimum atomic E-state index is -0.165. The van der Waals surface area contributed by atoms with Crippen LogP contribution in [0.2, 0.25) is 0 Å². The standard InChI is InChI=1S/C21H26N4O2/c1-15-10-11-18(27-15)19-17(20(26)24(4)14-21(2,3)13-22)12-25(23-19)16-8-6-5-7-9-16/h5-12H,13-14,22H2,1-4H3. The fourth-order valence-electron chi connectivity index (χ4n) is 2.97. The highest BCUT2D eigenvalue weighted by atomic mass is 16.3. The van der Waals surface area contributed by atoms with Gasteiger partial charge in [0, 0.05) is 19.8 Å². The van der Waals surface area contributed by atoms with E-state index in [0.717, 1.165) is 11.4 Å². The molecule has 6 nitrogen and oxygen atoms in total. The number of rotatable bonds is 6. The first kappa shape index (κ1) is 18.9. The van der Waals surface area contributed by atoms with Crippen molar-refractivity contribution in [1.82, 2.24) is 14.7 Å². The van der Waals surface area contributed by atoms with Gasteiger partial charge in [0.25, 0.3) is 5.91 Å². The number of carbonyl (C=O) groups is 1. The predicted octanol–water partition coefficient (Wildman–Crippen LogP) is 3.50. The van der Waals surface area contributed by atoms with Gasteiger partial charge in [-0.3, -0.25) is 4.79 Å². The Morgan fingerprint density at radius 2 is 1.93 bits per heavy atom. The Morgan fingerprint density at radius 3 is 2.52 bits per heavy atom. The minimum absolute atomic E-state index is 0.109. The monoisotopic (exact) mass is 366 g/mol. The molecular formula is C21H26N4O2. The van der Waals surface area contributed by atoms with Crippen LogP contribution in [0.15, 0.2) is 53.1 Å². The van der Waals surface area contributed by atoms with E-state index in [1.165, 1.54) is 0 Å². The Balaban J connectivity index is 2.02. The number of nitrogens with two attached hydrogens (primary N) is 1. The predicted molar refractivity (Wildman–Crippen MR) is 106 cm³/mol. The van der Waals surface area contributed by atoms with Crippen LogP contribution in [0.1, 0.15) is 30.0 Å². The van der Waals surface area contributed by atoms with Gasteiger partial charge < -0.3 is 15.1 Å². The zero-order valence-electron chi connectivity index (χ0n) is 16.3. The Kier molecular flexibility index (Phi) is 5.19. The summed E-state index contributed by atoms with van der Waals surface area (Å²) in [4.78, 5) is 14.9. The molecule has 0 atom stereocenters. The second-order valence-corrected chi connectivity index (χ2v) is 7.61. The summed E-state index contributed by atoms with van der Waals surface area (Å²) in [5, 5.41) is 4.63. The van der Waals surface area contributed by atoms with E-state index in [9.17, 15) is 4.79 Å². The number of aromatic nitrogens is 2. The molecule has 0 spiro atoms. The molecule has 0 unspecified atom stereocenters. The Labute approximate surface area is 159 Å². The summed E-state index contributed by atoms with van der Waals surface area (Å²) >= 11 is 0. The van der Waals surface area contributed by atoms with E-state index in [-0.39, 0.29) is 11.3 Å². The van der Waals surface area contributed by atoms with Gasteiger partial charge in [-0.2, -0.15) is 5.10 Å². The summed E-state index contributed by atoms with van der Waals surface area (Å²) in [6, 6.07) is 13.4. The molecule has 27 heavy (non-hydrogen) atoms. The maximum absolute atomic E-state index is 13.2. The normalized spacial score (nSPS) is 11.6. The summed E-state index contributed by atoms with van der Waals surface area (Å²) < 4.78 is 7.46. The minimum Gasteiger partial charge on any atom is -0.460 e. The van der Waals surface area contributed by atoms with Crippen LogP contribution in [0.25, 0.3) is 17.1 Å². The molecule has 0 bridgehead atoms. The molecule has 0 aliphatic heterocycles. The number of nitrogens with zero attached hydrogens (tertiary/aromatic N) is 3. The van der Waals surface area contributed by atoms with Crippen molar-refractivity contribution in [2.24, 2.45) is 11.1 Å². The van der Waals surface area contributed by atoms with E-state index in [2.05, 4.69) is 5.10 Å². The van der Waals surface area contributed by atoms with Gasteiger partial charge in [0.2, 0.25) is 0 Å². The highest BCUT2D eigenvalue weighted by molar-refractivity contribution is 5.99. The van der Waals surface area contributed by atoms with Gasteiger partial charge in [-0.15, -0.1) is 0 Å². The summed E-state index contributed by atoms with van der Waals surface area (Å²) in [5.41, 5.74) is 7.58. The zero-order valence-corrected chi connectivity index (χ0v) is 16.3. The number of amides is 1. The molecule has 0 aliphatic carbocycles. The van der Waals surface area contributed by atoms with Crippen molar-refractivity contribution in [3.63, 3.8) is 0 Å². The lowest BCUT2D eigenvalue weighted by atomic mass is 9.93. The van der Waals surface area contributed by atoms with Crippen molar-refractivity contribution in [1.29, 1.82) is 0 Å². The average molecular weight is 366 g/mol. The Hall–Kier alpha value is -2.86. The van der Waals surface area contributed by atoms with E-state index < -0.39 is 0 Å². The molecule has 6 heteroatoms. The van der Waals surface area contributed by atoms with Crippen LogP contribution in [0, 0.1) is 12.3 Å². The third-order valence-electron chi connectivity index (χ3n) is 4.50. The SMILES string of the molecule is Cc1ccc(-c2nn(-c3ccccc3)cc2C(=O)N(C)CC(C)(C)CN)o1. The number of furan rings is 1. The van der Waals surface area contributed by atoms with Crippen molar-refractivity contribution < 1.29 is 9.21 Å². The van der Waals surface area contributed by atoms with Crippen molar-refractivity contribution >= 4 is 5.91 Å². The largest absolute Gasteiger partial charge is 0.460 e. The molecule has 1 amide bonds. The maximum Gasteiger partial charge on any atom is 0.257 e. The first-order valence-electron chi connectivity index (χ1n) is 8.98. The maximum atomic E-state index is 13.2. The molecule has 3 aromatic rings. The number of carbonyl (C=O) groups excluding carboxylic acids is 1. The smallest absolute Gasteiger partial charge is 0.257 e. The number of aryl methyl sites for hydroxylation is 1. The molecule has 2 N–H and O–H groups in total. The third kappa shape index (κ3) is 4.11. The molecule has 0 radical (unpaired) electrons. The fourth-order valence-corrected chi connectivity index (χ4v) is 2.97. The number of hydrogen-bond donors (Lipinski definition) is 1. The average Bonchev–Trinajstić information content (AvgIpc) is 3.27. The van der Waals surface area contributed by atoms with E-state index >= 15 is 0 Å². The molecule has 2 heterocycles.